The summed E-state index contributed by atoms with van der Waals surface area (Å²) in [5, 5.41) is 15.5. The number of nitrogens with one attached hydrogen (secondary N) is 2. The molecule has 1 aromatic heterocycles. The minimum atomic E-state index is -0.0848. The van der Waals surface area contributed by atoms with Crippen molar-refractivity contribution in [3.8, 4) is 0 Å². The van der Waals surface area contributed by atoms with E-state index in [-0.39, 0.29) is 12.0 Å². The number of hydrogen-bond donors (Lipinski definition) is 3. The van der Waals surface area contributed by atoms with Gasteiger partial charge in [0.15, 0.2) is 0 Å². The third-order valence-corrected chi connectivity index (χ3v) is 3.34. The van der Waals surface area contributed by atoms with E-state index in [2.05, 4.69) is 48.3 Å². The number of anilines is 2. The highest BCUT2D eigenvalue weighted by molar-refractivity contribution is 5.47. The summed E-state index contributed by atoms with van der Waals surface area (Å²) in [4.78, 5) is 9.10. The largest absolute Gasteiger partial charge is 0.396 e. The summed E-state index contributed by atoms with van der Waals surface area (Å²) < 4.78 is 0. The fourth-order valence-corrected chi connectivity index (χ4v) is 1.88. The summed E-state index contributed by atoms with van der Waals surface area (Å²) in [6.07, 6.45) is 1.86. The quantitative estimate of drug-likeness (QED) is 0.716. The molecular formula is C15H28N4O. The van der Waals surface area contributed by atoms with E-state index >= 15 is 0 Å². The molecule has 5 heteroatoms. The van der Waals surface area contributed by atoms with Gasteiger partial charge in [0.05, 0.1) is 0 Å². The highest BCUT2D eigenvalue weighted by atomic mass is 16.3. The first-order valence-electron chi connectivity index (χ1n) is 7.32. The van der Waals surface area contributed by atoms with Crippen LogP contribution in [0.2, 0.25) is 0 Å². The summed E-state index contributed by atoms with van der Waals surface area (Å²) in [6.45, 7) is 9.51. The average molecular weight is 280 g/mol. The molecule has 1 atom stereocenters. The molecule has 0 fully saturated rings. The number of aromatic nitrogens is 2. The van der Waals surface area contributed by atoms with Gasteiger partial charge in [-0.25, -0.2) is 9.97 Å². The van der Waals surface area contributed by atoms with Gasteiger partial charge < -0.3 is 15.7 Å². The van der Waals surface area contributed by atoms with Gasteiger partial charge in [0.1, 0.15) is 17.5 Å². The van der Waals surface area contributed by atoms with Gasteiger partial charge in [0, 0.05) is 31.7 Å². The minimum Gasteiger partial charge on any atom is -0.396 e. The second-order valence-corrected chi connectivity index (χ2v) is 6.13. The van der Waals surface area contributed by atoms with E-state index in [1.165, 1.54) is 0 Å². The van der Waals surface area contributed by atoms with Crippen LogP contribution in [0.25, 0.3) is 0 Å². The maximum Gasteiger partial charge on any atom is 0.138 e. The normalized spacial score (nSPS) is 13.1. The first kappa shape index (κ1) is 16.7. The second-order valence-electron chi connectivity index (χ2n) is 6.13. The monoisotopic (exact) mass is 280 g/mol. The molecule has 0 aliphatic heterocycles. The van der Waals surface area contributed by atoms with Gasteiger partial charge in [0.25, 0.3) is 0 Å². The molecule has 0 radical (unpaired) electrons. The Labute approximate surface area is 122 Å². The molecule has 1 rings (SSSR count). The lowest BCUT2D eigenvalue weighted by Gasteiger charge is -2.20. The van der Waals surface area contributed by atoms with Crippen molar-refractivity contribution in [2.75, 3.05) is 30.8 Å². The second kappa shape index (κ2) is 7.43. The molecule has 0 saturated heterocycles. The highest BCUT2D eigenvalue weighted by Gasteiger charge is 2.19. The van der Waals surface area contributed by atoms with Crippen LogP contribution in [0.3, 0.4) is 0 Å². The molecule has 5 nitrogen and oxygen atoms in total. The van der Waals surface area contributed by atoms with E-state index in [9.17, 15) is 0 Å². The lowest BCUT2D eigenvalue weighted by Crippen LogP contribution is -2.20. The first-order chi connectivity index (χ1) is 9.40. The predicted molar refractivity (Wildman–Crippen MR) is 84.3 cm³/mol. The Balaban J connectivity index is 2.84. The molecule has 3 N–H and O–H groups in total. The first-order valence-corrected chi connectivity index (χ1v) is 7.32. The molecule has 0 aliphatic carbocycles. The van der Waals surface area contributed by atoms with Gasteiger partial charge in [-0.2, -0.15) is 0 Å². The third-order valence-electron chi connectivity index (χ3n) is 3.34. The molecule has 0 spiro atoms. The van der Waals surface area contributed by atoms with E-state index in [0.717, 1.165) is 36.8 Å². The van der Waals surface area contributed by atoms with Crippen LogP contribution in [-0.2, 0) is 5.41 Å². The molecule has 0 aromatic carbocycles. The van der Waals surface area contributed by atoms with E-state index < -0.39 is 0 Å². The fraction of sp³-hybridized carbons (Fsp3) is 0.733. The number of aliphatic hydroxyl groups excluding tert-OH is 1. The summed E-state index contributed by atoms with van der Waals surface area (Å²) in [6, 6.07) is 1.92. The summed E-state index contributed by atoms with van der Waals surface area (Å²) in [5.74, 6) is 2.95. The Morgan fingerprint density at radius 1 is 1.25 bits per heavy atom. The molecule has 0 bridgehead atoms. The minimum absolute atomic E-state index is 0.0848. The van der Waals surface area contributed by atoms with Gasteiger partial charge in [-0.05, 0) is 12.3 Å². The number of aliphatic hydroxyl groups is 1. The topological polar surface area (TPSA) is 70.1 Å². The molecule has 114 valence electrons. The van der Waals surface area contributed by atoms with E-state index in [1.807, 2.05) is 13.1 Å². The van der Waals surface area contributed by atoms with Crippen molar-refractivity contribution in [1.82, 2.24) is 9.97 Å². The van der Waals surface area contributed by atoms with Crippen molar-refractivity contribution < 1.29 is 5.11 Å². The molecule has 0 amide bonds. The lowest BCUT2D eigenvalue weighted by molar-refractivity contribution is 0.258. The van der Waals surface area contributed by atoms with Gasteiger partial charge in [-0.15, -0.1) is 0 Å². The van der Waals surface area contributed by atoms with Gasteiger partial charge in [0.2, 0.25) is 0 Å². The van der Waals surface area contributed by atoms with Crippen molar-refractivity contribution in [2.24, 2.45) is 5.92 Å². The average Bonchev–Trinajstić information content (AvgIpc) is 2.42. The molecule has 0 aliphatic rings. The zero-order valence-corrected chi connectivity index (χ0v) is 13.3. The van der Waals surface area contributed by atoms with Crippen molar-refractivity contribution in [3.63, 3.8) is 0 Å². The Hall–Kier alpha value is -1.36. The smallest absolute Gasteiger partial charge is 0.138 e. The Bertz CT molecular complexity index is 415. The van der Waals surface area contributed by atoms with Crippen LogP contribution in [0, 0.1) is 5.92 Å². The summed E-state index contributed by atoms with van der Waals surface area (Å²) >= 11 is 0. The third kappa shape index (κ3) is 4.96. The van der Waals surface area contributed by atoms with Crippen molar-refractivity contribution in [3.05, 3.63) is 11.9 Å². The predicted octanol–water partition coefficient (Wildman–Crippen LogP) is 2.64. The Morgan fingerprint density at radius 3 is 2.40 bits per heavy atom. The number of rotatable bonds is 7. The van der Waals surface area contributed by atoms with Gasteiger partial charge >= 0.3 is 0 Å². The summed E-state index contributed by atoms with van der Waals surface area (Å²) in [5.41, 5.74) is -0.0848. The SMILES string of the molecule is CCC(CCO)CNc1cc(NC)nc(C(C)(C)C)n1. The molecule has 20 heavy (non-hydrogen) atoms. The summed E-state index contributed by atoms with van der Waals surface area (Å²) in [7, 11) is 1.86. The van der Waals surface area contributed by atoms with Gasteiger partial charge in [-0.1, -0.05) is 34.1 Å². The zero-order chi connectivity index (χ0) is 15.2. The Morgan fingerprint density at radius 2 is 1.90 bits per heavy atom. The van der Waals surface area contributed by atoms with Crippen LogP contribution in [0.5, 0.6) is 0 Å². The van der Waals surface area contributed by atoms with Gasteiger partial charge in [-0.3, -0.25) is 0 Å². The van der Waals surface area contributed by atoms with E-state index in [0.29, 0.717) is 5.92 Å². The highest BCUT2D eigenvalue weighted by Crippen LogP contribution is 2.22. The standard InChI is InChI=1S/C15H28N4O/c1-6-11(7-8-20)10-17-13-9-12(16-5)18-14(19-13)15(2,3)4/h9,11,20H,6-8,10H2,1-5H3,(H2,16,17,18,19). The Kier molecular flexibility index (Phi) is 6.20. The number of nitrogens with zero attached hydrogens (tertiary/aromatic N) is 2. The molecule has 0 saturated carbocycles. The van der Waals surface area contributed by atoms with E-state index in [4.69, 9.17) is 5.11 Å². The van der Waals surface area contributed by atoms with Crippen molar-refractivity contribution in [2.45, 2.75) is 46.0 Å². The van der Waals surface area contributed by atoms with Crippen LogP contribution in [0.15, 0.2) is 6.07 Å². The molecule has 1 unspecified atom stereocenters. The van der Waals surface area contributed by atoms with Crippen molar-refractivity contribution in [1.29, 1.82) is 0 Å². The van der Waals surface area contributed by atoms with Crippen LogP contribution < -0.4 is 10.6 Å². The number of hydrogen-bond acceptors (Lipinski definition) is 5. The van der Waals surface area contributed by atoms with Crippen LogP contribution in [-0.4, -0.2) is 35.3 Å². The fourth-order valence-electron chi connectivity index (χ4n) is 1.88. The zero-order valence-electron chi connectivity index (χ0n) is 13.3. The molecular weight excluding hydrogens is 252 g/mol. The van der Waals surface area contributed by atoms with E-state index in [1.54, 1.807) is 0 Å². The molecule has 1 heterocycles. The van der Waals surface area contributed by atoms with Crippen LogP contribution >= 0.6 is 0 Å². The maximum atomic E-state index is 9.03. The maximum absolute atomic E-state index is 9.03. The van der Waals surface area contributed by atoms with Crippen LogP contribution in [0.1, 0.15) is 46.4 Å². The van der Waals surface area contributed by atoms with Crippen molar-refractivity contribution >= 4 is 11.6 Å². The molecule has 1 aromatic rings. The lowest BCUT2D eigenvalue weighted by atomic mass is 9.96. The van der Waals surface area contributed by atoms with Crippen LogP contribution in [0.4, 0.5) is 11.6 Å².